The number of aromatic carboxylic acids is 1. The van der Waals surface area contributed by atoms with Crippen LogP contribution in [0.25, 0.3) is 11.0 Å². The van der Waals surface area contributed by atoms with E-state index in [0.29, 0.717) is 48.0 Å². The summed E-state index contributed by atoms with van der Waals surface area (Å²) in [5.74, 6) is -0.824. The molecule has 0 atom stereocenters. The highest BCUT2D eigenvalue weighted by Crippen LogP contribution is 2.28. The molecule has 0 radical (unpaired) electrons. The van der Waals surface area contributed by atoms with Crippen molar-refractivity contribution in [1.29, 1.82) is 0 Å². The van der Waals surface area contributed by atoms with Crippen LogP contribution in [0.3, 0.4) is 0 Å². The van der Waals surface area contributed by atoms with Gasteiger partial charge in [-0.15, -0.1) is 0 Å². The minimum absolute atomic E-state index is 0.0802. The van der Waals surface area contributed by atoms with Gasteiger partial charge in [-0.3, -0.25) is 9.48 Å². The molecule has 3 heterocycles. The van der Waals surface area contributed by atoms with Crippen molar-refractivity contribution in [2.75, 3.05) is 13.1 Å². The second-order valence-electron chi connectivity index (χ2n) is 6.71. The van der Waals surface area contributed by atoms with E-state index in [9.17, 15) is 14.7 Å². The Hall–Kier alpha value is -2.80. The first-order valence-electron chi connectivity index (χ1n) is 8.70. The topological polar surface area (TPSA) is 88.6 Å². The molecule has 3 aromatic rings. The summed E-state index contributed by atoms with van der Waals surface area (Å²) in [5.41, 5.74) is 1.49. The zero-order valence-corrected chi connectivity index (χ0v) is 15.4. The van der Waals surface area contributed by atoms with Crippen LogP contribution in [0.15, 0.2) is 34.9 Å². The van der Waals surface area contributed by atoms with E-state index in [1.165, 1.54) is 6.20 Å². The average Bonchev–Trinajstić information content (AvgIpc) is 3.24. The van der Waals surface area contributed by atoms with Crippen molar-refractivity contribution >= 4 is 34.4 Å². The summed E-state index contributed by atoms with van der Waals surface area (Å²) in [6.07, 6.45) is 2.80. The third-order valence-electron chi connectivity index (χ3n) is 5.06. The summed E-state index contributed by atoms with van der Waals surface area (Å²) in [4.78, 5) is 25.7. The van der Waals surface area contributed by atoms with Crippen LogP contribution in [0.5, 0.6) is 0 Å². The van der Waals surface area contributed by atoms with Crippen LogP contribution in [0.1, 0.15) is 45.5 Å². The molecule has 8 heteroatoms. The zero-order valence-electron chi connectivity index (χ0n) is 14.7. The van der Waals surface area contributed by atoms with Crippen LogP contribution in [0.2, 0.25) is 5.02 Å². The van der Waals surface area contributed by atoms with Gasteiger partial charge in [0.25, 0.3) is 5.91 Å². The van der Waals surface area contributed by atoms with Crippen LogP contribution < -0.4 is 0 Å². The Morgan fingerprint density at radius 1 is 1.26 bits per heavy atom. The Bertz CT molecular complexity index is 1030. The molecule has 1 saturated heterocycles. The predicted molar refractivity (Wildman–Crippen MR) is 99.3 cm³/mol. The molecule has 0 spiro atoms. The SMILES string of the molecule is Cc1c(C(=O)O)cnn1C1CCN(C(=O)c2cc3cc(Cl)ccc3o2)CC1. The number of amides is 1. The number of furan rings is 1. The van der Waals surface area contributed by atoms with Crippen LogP contribution in [0.4, 0.5) is 0 Å². The molecule has 7 nitrogen and oxygen atoms in total. The fourth-order valence-corrected chi connectivity index (χ4v) is 3.77. The number of hydrogen-bond donors (Lipinski definition) is 1. The summed E-state index contributed by atoms with van der Waals surface area (Å²) < 4.78 is 7.42. The number of piperidine rings is 1. The lowest BCUT2D eigenvalue weighted by Crippen LogP contribution is -2.39. The van der Waals surface area contributed by atoms with Gasteiger partial charge < -0.3 is 14.4 Å². The second-order valence-corrected chi connectivity index (χ2v) is 7.15. The van der Waals surface area contributed by atoms with E-state index in [0.717, 1.165) is 5.39 Å². The zero-order chi connectivity index (χ0) is 19.1. The lowest BCUT2D eigenvalue weighted by molar-refractivity contribution is 0.0659. The van der Waals surface area contributed by atoms with Crippen molar-refractivity contribution in [1.82, 2.24) is 14.7 Å². The van der Waals surface area contributed by atoms with Crippen molar-refractivity contribution in [2.24, 2.45) is 0 Å². The van der Waals surface area contributed by atoms with Gasteiger partial charge in [0, 0.05) is 23.5 Å². The van der Waals surface area contributed by atoms with Gasteiger partial charge in [0.15, 0.2) is 5.76 Å². The van der Waals surface area contributed by atoms with E-state index in [1.807, 2.05) is 0 Å². The number of aromatic nitrogens is 2. The highest BCUT2D eigenvalue weighted by atomic mass is 35.5. The summed E-state index contributed by atoms with van der Waals surface area (Å²) >= 11 is 5.98. The van der Waals surface area contributed by atoms with Gasteiger partial charge in [-0.05, 0) is 44.0 Å². The molecule has 140 valence electrons. The minimum Gasteiger partial charge on any atom is -0.478 e. The standard InChI is InChI=1S/C19H18ClN3O4/c1-11-15(19(25)26)10-21-23(11)14-4-6-22(7-5-14)18(24)17-9-12-8-13(20)2-3-16(12)27-17/h2-3,8-10,14H,4-7H2,1H3,(H,25,26). The third-order valence-corrected chi connectivity index (χ3v) is 5.30. The van der Waals surface area contributed by atoms with Crippen molar-refractivity contribution in [3.8, 4) is 0 Å². The lowest BCUT2D eigenvalue weighted by atomic mass is 10.0. The molecule has 1 N–H and O–H groups in total. The maximum absolute atomic E-state index is 12.8. The van der Waals surface area contributed by atoms with E-state index < -0.39 is 5.97 Å². The number of halogens is 1. The molecule has 0 saturated carbocycles. The number of benzene rings is 1. The second kappa shape index (κ2) is 6.74. The molecule has 2 aromatic heterocycles. The third kappa shape index (κ3) is 3.19. The Morgan fingerprint density at radius 2 is 2.00 bits per heavy atom. The predicted octanol–water partition coefficient (Wildman–Crippen LogP) is 3.77. The van der Waals surface area contributed by atoms with E-state index >= 15 is 0 Å². The van der Waals surface area contributed by atoms with E-state index in [2.05, 4.69) is 5.10 Å². The van der Waals surface area contributed by atoms with Crippen molar-refractivity contribution in [2.45, 2.75) is 25.8 Å². The van der Waals surface area contributed by atoms with E-state index in [4.69, 9.17) is 16.0 Å². The fraction of sp³-hybridized carbons (Fsp3) is 0.316. The fourth-order valence-electron chi connectivity index (χ4n) is 3.59. The number of carboxylic acids is 1. The molecular formula is C19H18ClN3O4. The number of fused-ring (bicyclic) bond motifs is 1. The average molecular weight is 388 g/mol. The van der Waals surface area contributed by atoms with Crippen LogP contribution in [0, 0.1) is 6.92 Å². The highest BCUT2D eigenvalue weighted by Gasteiger charge is 2.28. The Balaban J connectivity index is 1.46. The molecule has 27 heavy (non-hydrogen) atoms. The Morgan fingerprint density at radius 3 is 2.67 bits per heavy atom. The van der Waals surface area contributed by atoms with Gasteiger partial charge in [0.05, 0.1) is 17.9 Å². The van der Waals surface area contributed by atoms with Crippen molar-refractivity contribution < 1.29 is 19.1 Å². The summed E-state index contributed by atoms with van der Waals surface area (Å²) in [6.45, 7) is 2.87. The normalized spacial score (nSPS) is 15.4. The van der Waals surface area contributed by atoms with Gasteiger partial charge in [-0.1, -0.05) is 11.6 Å². The molecule has 4 rings (SSSR count). The number of carbonyl (C=O) groups excluding carboxylic acids is 1. The number of likely N-dealkylation sites (tertiary alicyclic amines) is 1. The largest absolute Gasteiger partial charge is 0.478 e. The maximum Gasteiger partial charge on any atom is 0.339 e. The summed E-state index contributed by atoms with van der Waals surface area (Å²) in [6, 6.07) is 7.04. The molecule has 1 aromatic carbocycles. The number of nitrogens with zero attached hydrogens (tertiary/aromatic N) is 3. The number of carboxylic acid groups (broad SMARTS) is 1. The maximum atomic E-state index is 12.8. The van der Waals surface area contributed by atoms with Crippen molar-refractivity contribution in [3.63, 3.8) is 0 Å². The van der Waals surface area contributed by atoms with E-state index in [-0.39, 0.29) is 17.5 Å². The van der Waals surface area contributed by atoms with Gasteiger partial charge in [0.2, 0.25) is 0 Å². The van der Waals surface area contributed by atoms with Gasteiger partial charge >= 0.3 is 5.97 Å². The highest BCUT2D eigenvalue weighted by molar-refractivity contribution is 6.31. The Kier molecular flexibility index (Phi) is 4.39. The number of hydrogen-bond acceptors (Lipinski definition) is 4. The van der Waals surface area contributed by atoms with Crippen molar-refractivity contribution in [3.05, 3.63) is 52.5 Å². The molecule has 1 fully saturated rings. The molecular weight excluding hydrogens is 370 g/mol. The lowest BCUT2D eigenvalue weighted by Gasteiger charge is -2.32. The smallest absolute Gasteiger partial charge is 0.339 e. The molecule has 1 amide bonds. The molecule has 0 bridgehead atoms. The number of carbonyl (C=O) groups is 2. The molecule has 1 aliphatic heterocycles. The molecule has 0 unspecified atom stereocenters. The monoisotopic (exact) mass is 387 g/mol. The minimum atomic E-state index is -0.976. The van der Waals surface area contributed by atoms with Gasteiger partial charge in [-0.2, -0.15) is 5.10 Å². The van der Waals surface area contributed by atoms with Gasteiger partial charge in [-0.25, -0.2) is 4.79 Å². The van der Waals surface area contributed by atoms with Crippen LogP contribution in [-0.2, 0) is 0 Å². The molecule has 0 aliphatic carbocycles. The summed E-state index contributed by atoms with van der Waals surface area (Å²) in [5, 5.41) is 14.8. The molecule has 1 aliphatic rings. The summed E-state index contributed by atoms with van der Waals surface area (Å²) in [7, 11) is 0. The number of rotatable bonds is 3. The first-order chi connectivity index (χ1) is 12.9. The quantitative estimate of drug-likeness (QED) is 0.739. The van der Waals surface area contributed by atoms with Gasteiger partial charge in [0.1, 0.15) is 11.1 Å². The van der Waals surface area contributed by atoms with E-state index in [1.54, 1.807) is 40.8 Å². The van der Waals surface area contributed by atoms with Crippen LogP contribution >= 0.6 is 11.6 Å². The van der Waals surface area contributed by atoms with Crippen LogP contribution in [-0.4, -0.2) is 44.8 Å². The first kappa shape index (κ1) is 17.6. The Labute approximate surface area is 160 Å². The first-order valence-corrected chi connectivity index (χ1v) is 9.07.